The van der Waals surface area contributed by atoms with E-state index in [-0.39, 0.29) is 0 Å². The van der Waals surface area contributed by atoms with Crippen molar-refractivity contribution in [3.05, 3.63) is 81.5 Å². The first kappa shape index (κ1) is 19.9. The summed E-state index contributed by atoms with van der Waals surface area (Å²) < 4.78 is 137. The Balaban J connectivity index is 2.48. The van der Waals surface area contributed by atoms with Gasteiger partial charge in [0.25, 0.3) is 0 Å². The zero-order chi connectivity index (χ0) is 21.1. The minimum absolute atomic E-state index is 0.612. The van der Waals surface area contributed by atoms with E-state index in [1.807, 2.05) is 0 Å². The molecule has 0 bridgehead atoms. The fraction of sp³-hybridized carbons (Fsp3) is 0. The molecule has 3 rings (SSSR count). The average molecular weight is 407 g/mol. The van der Waals surface area contributed by atoms with Crippen LogP contribution in [0.15, 0.2) is 12.2 Å². The van der Waals surface area contributed by atoms with Gasteiger partial charge in [-0.3, -0.25) is 0 Å². The molecule has 0 amide bonds. The molecule has 2 aromatic rings. The maximum absolute atomic E-state index is 14.1. The molecule has 0 fully saturated rings. The van der Waals surface area contributed by atoms with E-state index in [0.29, 0.717) is 6.08 Å². The number of halogens is 10. The molecule has 0 atom stereocenters. The SMILES string of the molecule is [B]=C1C=CC(c2c(F)c(F)c(F)c(F)c2F)=C1c1c(F)c(F)c(F)c(F)c1F. The molecule has 0 nitrogen and oxygen atoms in total. The summed E-state index contributed by atoms with van der Waals surface area (Å²) >= 11 is 0. The van der Waals surface area contributed by atoms with Crippen molar-refractivity contribution in [1.29, 1.82) is 0 Å². The normalized spacial score (nSPS) is 13.8. The number of hydrogen-bond acceptors (Lipinski definition) is 0. The van der Waals surface area contributed by atoms with Crippen molar-refractivity contribution in [2.45, 2.75) is 0 Å². The molecule has 0 N–H and O–H groups in total. The van der Waals surface area contributed by atoms with Gasteiger partial charge < -0.3 is 0 Å². The first-order valence-corrected chi connectivity index (χ1v) is 7.09. The summed E-state index contributed by atoms with van der Waals surface area (Å²) in [5.41, 5.74) is -6.25. The number of hydrogen-bond donors (Lipinski definition) is 0. The average Bonchev–Trinajstić information content (AvgIpc) is 3.03. The van der Waals surface area contributed by atoms with Crippen LogP contribution in [0.3, 0.4) is 0 Å². The Labute approximate surface area is 150 Å². The molecular formula is C17H2BF10. The van der Waals surface area contributed by atoms with Gasteiger partial charge in [-0.15, -0.1) is 0 Å². The van der Waals surface area contributed by atoms with Crippen molar-refractivity contribution in [3.8, 4) is 0 Å². The van der Waals surface area contributed by atoms with Crippen molar-refractivity contribution < 1.29 is 43.9 Å². The van der Waals surface area contributed by atoms with Crippen LogP contribution in [-0.4, -0.2) is 13.0 Å². The third-order valence-electron chi connectivity index (χ3n) is 3.93. The van der Waals surface area contributed by atoms with Gasteiger partial charge in [0.05, 0.1) is 0 Å². The van der Waals surface area contributed by atoms with Gasteiger partial charge in [-0.2, -0.15) is 0 Å². The van der Waals surface area contributed by atoms with Crippen molar-refractivity contribution in [1.82, 2.24) is 0 Å². The van der Waals surface area contributed by atoms with E-state index in [0.717, 1.165) is 6.08 Å². The molecule has 0 aromatic heterocycles. The van der Waals surface area contributed by atoms with Gasteiger partial charge >= 0.3 is 149 Å². The first-order chi connectivity index (χ1) is 13.0. The van der Waals surface area contributed by atoms with Gasteiger partial charge in [0.2, 0.25) is 0 Å². The summed E-state index contributed by atoms with van der Waals surface area (Å²) in [6.07, 6.45) is 1.35. The van der Waals surface area contributed by atoms with E-state index in [2.05, 4.69) is 0 Å². The molecule has 0 unspecified atom stereocenters. The molecule has 2 aromatic carbocycles. The van der Waals surface area contributed by atoms with Crippen LogP contribution in [0.4, 0.5) is 43.9 Å². The molecule has 1 radical (unpaired) electrons. The fourth-order valence-electron chi connectivity index (χ4n) is 2.65. The van der Waals surface area contributed by atoms with Gasteiger partial charge in [-0.05, 0) is 0 Å². The van der Waals surface area contributed by atoms with Gasteiger partial charge in [-0.25, -0.2) is 0 Å². The molecule has 1 aliphatic rings. The Morgan fingerprint density at radius 3 is 1.14 bits per heavy atom. The Hall–Kier alpha value is -2.85. The van der Waals surface area contributed by atoms with Crippen molar-refractivity contribution in [2.75, 3.05) is 0 Å². The summed E-state index contributed by atoms with van der Waals surface area (Å²) in [6.45, 7) is 0. The molecule has 0 aliphatic heterocycles. The van der Waals surface area contributed by atoms with Crippen molar-refractivity contribution in [3.63, 3.8) is 0 Å². The van der Waals surface area contributed by atoms with Crippen molar-refractivity contribution in [2.24, 2.45) is 0 Å². The maximum atomic E-state index is 14.1. The quantitative estimate of drug-likeness (QED) is 0.288. The monoisotopic (exact) mass is 407 g/mol. The van der Waals surface area contributed by atoms with Gasteiger partial charge in [0, 0.05) is 0 Å². The molecule has 0 heterocycles. The Bertz CT molecular complexity index is 1000. The number of benzene rings is 2. The van der Waals surface area contributed by atoms with Crippen LogP contribution in [-0.2, 0) is 0 Å². The predicted molar refractivity (Wildman–Crippen MR) is 79.2 cm³/mol. The third-order valence-corrected chi connectivity index (χ3v) is 3.93. The minimum atomic E-state index is -2.51. The molecule has 0 saturated heterocycles. The summed E-state index contributed by atoms with van der Waals surface area (Å²) in [5.74, 6) is -24.1. The number of allylic oxidation sites excluding steroid dienone is 4. The van der Waals surface area contributed by atoms with Crippen molar-refractivity contribution >= 4 is 24.1 Å². The summed E-state index contributed by atoms with van der Waals surface area (Å²) in [7, 11) is 5.41. The van der Waals surface area contributed by atoms with E-state index in [4.69, 9.17) is 7.49 Å². The Morgan fingerprint density at radius 1 is 0.429 bits per heavy atom. The fourth-order valence-corrected chi connectivity index (χ4v) is 2.65. The second kappa shape index (κ2) is 6.64. The second-order valence-electron chi connectivity index (χ2n) is 5.47. The topological polar surface area (TPSA) is 0 Å². The van der Waals surface area contributed by atoms with Crippen LogP contribution in [0.25, 0.3) is 11.1 Å². The van der Waals surface area contributed by atoms with E-state index in [1.165, 1.54) is 0 Å². The summed E-state index contributed by atoms with van der Waals surface area (Å²) in [6, 6.07) is 0. The summed E-state index contributed by atoms with van der Waals surface area (Å²) in [4.78, 5) is 0. The van der Waals surface area contributed by atoms with Crippen LogP contribution < -0.4 is 0 Å². The molecular weight excluding hydrogens is 405 g/mol. The van der Waals surface area contributed by atoms with E-state index in [9.17, 15) is 43.9 Å². The van der Waals surface area contributed by atoms with E-state index < -0.39 is 85.9 Å². The summed E-state index contributed by atoms with van der Waals surface area (Å²) in [5, 5.41) is 0. The predicted octanol–water partition coefficient (Wildman–Crippen LogP) is 4.90. The molecule has 11 heteroatoms. The third kappa shape index (κ3) is 2.60. The van der Waals surface area contributed by atoms with Crippen LogP contribution in [0.1, 0.15) is 11.1 Å². The molecule has 1 aliphatic carbocycles. The van der Waals surface area contributed by atoms with Crippen LogP contribution in [0.2, 0.25) is 0 Å². The molecule has 0 saturated carbocycles. The first-order valence-electron chi connectivity index (χ1n) is 7.09. The van der Waals surface area contributed by atoms with Crippen LogP contribution in [0, 0.1) is 58.2 Å². The van der Waals surface area contributed by atoms with Gasteiger partial charge in [-0.1, -0.05) is 0 Å². The Morgan fingerprint density at radius 2 is 0.750 bits per heavy atom. The standard InChI is InChI=1S/C17H2BF10/c18-4-2-1-3(6-8(19)12(23)16(27)13(24)9(6)20)5(4)7-10(21)14(25)17(28)15(26)11(7)22/h1-2H. The second-order valence-corrected chi connectivity index (χ2v) is 5.47. The van der Waals surface area contributed by atoms with Gasteiger partial charge in [0.1, 0.15) is 0 Å². The zero-order valence-electron chi connectivity index (χ0n) is 13.0. The van der Waals surface area contributed by atoms with E-state index in [1.54, 1.807) is 0 Å². The van der Waals surface area contributed by atoms with Crippen LogP contribution >= 0.6 is 0 Å². The molecule has 0 spiro atoms. The Kier molecular flexibility index (Phi) is 4.72. The number of rotatable bonds is 2. The zero-order valence-corrected chi connectivity index (χ0v) is 13.0. The molecule has 143 valence electrons. The van der Waals surface area contributed by atoms with E-state index >= 15 is 0 Å². The van der Waals surface area contributed by atoms with Gasteiger partial charge in [0.15, 0.2) is 0 Å². The molecule has 28 heavy (non-hydrogen) atoms. The van der Waals surface area contributed by atoms with Crippen LogP contribution in [0.5, 0.6) is 0 Å².